The highest BCUT2D eigenvalue weighted by Crippen LogP contribution is 2.27. The van der Waals surface area contributed by atoms with Crippen LogP contribution in [0, 0.1) is 17.7 Å². The summed E-state index contributed by atoms with van der Waals surface area (Å²) in [6.45, 7) is 1.06. The Morgan fingerprint density at radius 2 is 1.93 bits per heavy atom. The van der Waals surface area contributed by atoms with Crippen molar-refractivity contribution in [3.8, 4) is 0 Å². The summed E-state index contributed by atoms with van der Waals surface area (Å²) in [6.07, 6.45) is 5.45. The smallest absolute Gasteiger partial charge is 0.151 e. The molecule has 0 N–H and O–H groups in total. The number of hydrogen-bond acceptors (Lipinski definition) is 1. The van der Waals surface area contributed by atoms with E-state index < -0.39 is 11.6 Å². The summed E-state index contributed by atoms with van der Waals surface area (Å²) in [7, 11) is 0. The van der Waals surface area contributed by atoms with Gasteiger partial charge in [-0.3, -0.25) is 0 Å². The molecule has 4 heteroatoms. The van der Waals surface area contributed by atoms with E-state index in [9.17, 15) is 8.78 Å². The van der Waals surface area contributed by atoms with Crippen LogP contribution in [0.4, 0.5) is 14.5 Å². The summed E-state index contributed by atoms with van der Waals surface area (Å²) in [5.41, 5.74) is -0.00264. The van der Waals surface area contributed by atoms with Gasteiger partial charge < -0.3 is 4.90 Å². The molecule has 0 spiro atoms. The van der Waals surface area contributed by atoms with Gasteiger partial charge in [-0.05, 0) is 24.6 Å². The summed E-state index contributed by atoms with van der Waals surface area (Å²) in [6, 6.07) is 2.25. The van der Waals surface area contributed by atoms with Gasteiger partial charge in [0.25, 0.3) is 0 Å². The number of anilines is 1. The predicted octanol–water partition coefficient (Wildman–Crippen LogP) is 3.19. The van der Waals surface area contributed by atoms with Gasteiger partial charge in [0.1, 0.15) is 5.69 Å². The summed E-state index contributed by atoms with van der Waals surface area (Å²) in [4.78, 5) is 1.64. The summed E-state index contributed by atoms with van der Waals surface area (Å²) in [5, 5.41) is 0.0767. The molecule has 0 saturated heterocycles. The SMILES string of the molecule is Fc1cc(Cl)cc(F)c1N1CC=[C]CC1. The van der Waals surface area contributed by atoms with Crippen molar-refractivity contribution in [2.45, 2.75) is 6.42 Å². The van der Waals surface area contributed by atoms with Crippen LogP contribution in [0.3, 0.4) is 0 Å². The lowest BCUT2D eigenvalue weighted by Gasteiger charge is -2.26. The highest BCUT2D eigenvalue weighted by Gasteiger charge is 2.17. The number of benzene rings is 1. The Morgan fingerprint density at radius 1 is 1.27 bits per heavy atom. The van der Waals surface area contributed by atoms with Crippen molar-refractivity contribution >= 4 is 17.3 Å². The van der Waals surface area contributed by atoms with E-state index in [0.717, 1.165) is 12.1 Å². The molecule has 0 bridgehead atoms. The molecule has 0 unspecified atom stereocenters. The van der Waals surface area contributed by atoms with E-state index in [1.165, 1.54) is 0 Å². The third-order valence-corrected chi connectivity index (χ3v) is 2.50. The van der Waals surface area contributed by atoms with Gasteiger partial charge in [0.05, 0.1) is 0 Å². The van der Waals surface area contributed by atoms with E-state index in [1.54, 1.807) is 11.0 Å². The van der Waals surface area contributed by atoms with Crippen LogP contribution in [-0.4, -0.2) is 13.1 Å². The fourth-order valence-corrected chi connectivity index (χ4v) is 1.80. The molecular weight excluding hydrogens is 220 g/mol. The zero-order chi connectivity index (χ0) is 10.8. The molecule has 1 heterocycles. The Kier molecular flexibility index (Phi) is 2.91. The zero-order valence-corrected chi connectivity index (χ0v) is 8.69. The van der Waals surface area contributed by atoms with Crippen LogP contribution >= 0.6 is 11.6 Å². The van der Waals surface area contributed by atoms with Crippen molar-refractivity contribution in [2.24, 2.45) is 0 Å². The molecule has 2 rings (SSSR count). The molecule has 1 aromatic carbocycles. The highest BCUT2D eigenvalue weighted by atomic mass is 35.5. The molecule has 1 aliphatic heterocycles. The lowest BCUT2D eigenvalue weighted by Crippen LogP contribution is -2.28. The summed E-state index contributed by atoms with van der Waals surface area (Å²) < 4.78 is 27.0. The number of halogens is 3. The Labute approximate surface area is 92.0 Å². The molecule has 1 nitrogen and oxygen atoms in total. The van der Waals surface area contributed by atoms with Crippen molar-refractivity contribution in [2.75, 3.05) is 18.0 Å². The molecule has 0 amide bonds. The van der Waals surface area contributed by atoms with Gasteiger partial charge in [-0.1, -0.05) is 17.7 Å². The molecule has 0 aliphatic carbocycles. The minimum Gasteiger partial charge on any atom is -0.363 e. The fraction of sp³-hybridized carbons (Fsp3) is 0.273. The van der Waals surface area contributed by atoms with E-state index in [2.05, 4.69) is 6.08 Å². The number of rotatable bonds is 1. The average molecular weight is 229 g/mol. The van der Waals surface area contributed by atoms with Crippen LogP contribution in [0.5, 0.6) is 0 Å². The third-order valence-electron chi connectivity index (χ3n) is 2.28. The molecule has 0 saturated carbocycles. The molecule has 0 aromatic heterocycles. The Morgan fingerprint density at radius 3 is 2.47 bits per heavy atom. The van der Waals surface area contributed by atoms with E-state index in [0.29, 0.717) is 19.5 Å². The zero-order valence-electron chi connectivity index (χ0n) is 7.93. The molecular formula is C11H9ClF2N. The lowest BCUT2D eigenvalue weighted by atomic mass is 10.2. The van der Waals surface area contributed by atoms with Crippen molar-refractivity contribution in [3.05, 3.63) is 40.9 Å². The van der Waals surface area contributed by atoms with Gasteiger partial charge in [0.15, 0.2) is 11.6 Å². The Bertz CT molecular complexity index is 381. The first-order valence-electron chi connectivity index (χ1n) is 4.63. The molecule has 79 valence electrons. The minimum atomic E-state index is -0.615. The van der Waals surface area contributed by atoms with Crippen LogP contribution in [0.15, 0.2) is 18.2 Å². The van der Waals surface area contributed by atoms with Crippen molar-refractivity contribution in [1.82, 2.24) is 0 Å². The maximum absolute atomic E-state index is 13.5. The lowest BCUT2D eigenvalue weighted by molar-refractivity contribution is 0.572. The van der Waals surface area contributed by atoms with Gasteiger partial charge in [0.2, 0.25) is 0 Å². The second kappa shape index (κ2) is 4.19. The van der Waals surface area contributed by atoms with Crippen molar-refractivity contribution in [1.29, 1.82) is 0 Å². The molecule has 0 atom stereocenters. The van der Waals surface area contributed by atoms with E-state index in [1.807, 2.05) is 0 Å². The Hall–Kier alpha value is -1.09. The molecule has 1 aliphatic rings. The van der Waals surface area contributed by atoms with Crippen LogP contribution in [0.1, 0.15) is 6.42 Å². The van der Waals surface area contributed by atoms with E-state index in [-0.39, 0.29) is 10.7 Å². The first-order chi connectivity index (χ1) is 7.18. The second-order valence-corrected chi connectivity index (χ2v) is 3.76. The van der Waals surface area contributed by atoms with E-state index in [4.69, 9.17) is 11.6 Å². The maximum Gasteiger partial charge on any atom is 0.151 e. The summed E-state index contributed by atoms with van der Waals surface area (Å²) in [5.74, 6) is -1.23. The standard InChI is InChI=1S/C11H9ClF2N/c12-8-6-9(13)11(10(14)7-8)15-4-2-1-3-5-15/h2,6-7H,3-5H2. The first kappa shape index (κ1) is 10.4. The molecule has 0 fully saturated rings. The van der Waals surface area contributed by atoms with Crippen LogP contribution in [-0.2, 0) is 0 Å². The Balaban J connectivity index is 2.38. The number of hydrogen-bond donors (Lipinski definition) is 0. The average Bonchev–Trinajstić information content (AvgIpc) is 2.17. The minimum absolute atomic E-state index is 0.00264. The second-order valence-electron chi connectivity index (χ2n) is 3.32. The quantitative estimate of drug-likeness (QED) is 0.714. The monoisotopic (exact) mass is 228 g/mol. The van der Waals surface area contributed by atoms with Gasteiger partial charge in [-0.15, -0.1) is 0 Å². The summed E-state index contributed by atoms with van der Waals surface area (Å²) >= 11 is 5.54. The molecule has 1 radical (unpaired) electrons. The van der Waals surface area contributed by atoms with Crippen molar-refractivity contribution in [3.63, 3.8) is 0 Å². The maximum atomic E-state index is 13.5. The predicted molar refractivity (Wildman–Crippen MR) is 56.0 cm³/mol. The van der Waals surface area contributed by atoms with Crippen LogP contribution < -0.4 is 4.90 Å². The molecule has 1 aromatic rings. The first-order valence-corrected chi connectivity index (χ1v) is 5.01. The van der Waals surface area contributed by atoms with Crippen LogP contribution in [0.25, 0.3) is 0 Å². The highest BCUT2D eigenvalue weighted by molar-refractivity contribution is 6.30. The normalized spacial score (nSPS) is 15.8. The number of nitrogens with zero attached hydrogens (tertiary/aromatic N) is 1. The van der Waals surface area contributed by atoms with Gasteiger partial charge in [0, 0.05) is 18.1 Å². The van der Waals surface area contributed by atoms with Gasteiger partial charge in [-0.25, -0.2) is 8.78 Å². The van der Waals surface area contributed by atoms with Crippen LogP contribution in [0.2, 0.25) is 5.02 Å². The van der Waals surface area contributed by atoms with Gasteiger partial charge >= 0.3 is 0 Å². The third kappa shape index (κ3) is 2.12. The topological polar surface area (TPSA) is 3.24 Å². The largest absolute Gasteiger partial charge is 0.363 e. The van der Waals surface area contributed by atoms with Crippen molar-refractivity contribution < 1.29 is 8.78 Å². The fourth-order valence-electron chi connectivity index (χ4n) is 1.61. The molecule has 15 heavy (non-hydrogen) atoms. The van der Waals surface area contributed by atoms with E-state index >= 15 is 0 Å². The van der Waals surface area contributed by atoms with Gasteiger partial charge in [-0.2, -0.15) is 0 Å².